The number of aromatic nitrogens is 1. The Morgan fingerprint density at radius 2 is 2.29 bits per heavy atom. The van der Waals surface area contributed by atoms with Crippen LogP contribution in [0.4, 0.5) is 0 Å². The highest BCUT2D eigenvalue weighted by Gasteiger charge is 2.16. The highest BCUT2D eigenvalue weighted by molar-refractivity contribution is 7.11. The third-order valence-corrected chi connectivity index (χ3v) is 4.07. The number of carboxylic acids is 1. The maximum Gasteiger partial charge on any atom is 0.303 e. The van der Waals surface area contributed by atoms with Crippen molar-refractivity contribution in [3.63, 3.8) is 0 Å². The molecule has 0 bridgehead atoms. The van der Waals surface area contributed by atoms with Crippen LogP contribution in [0.15, 0.2) is 6.20 Å². The maximum absolute atomic E-state index is 10.5. The zero-order valence-corrected chi connectivity index (χ0v) is 10.5. The molecule has 4 nitrogen and oxygen atoms in total. The van der Waals surface area contributed by atoms with Crippen molar-refractivity contribution >= 4 is 17.3 Å². The number of carboxylic acid groups (broad SMARTS) is 1. The fourth-order valence-electron chi connectivity index (χ4n) is 1.99. The van der Waals surface area contributed by atoms with Crippen molar-refractivity contribution in [2.24, 2.45) is 5.92 Å². The van der Waals surface area contributed by atoms with Crippen LogP contribution in [-0.4, -0.2) is 29.3 Å². The molecule has 0 aromatic carbocycles. The van der Waals surface area contributed by atoms with Crippen molar-refractivity contribution in [1.82, 2.24) is 4.98 Å². The van der Waals surface area contributed by atoms with Crippen LogP contribution in [0.3, 0.4) is 0 Å². The summed E-state index contributed by atoms with van der Waals surface area (Å²) in [6.45, 7) is 1.73. The van der Waals surface area contributed by atoms with Gasteiger partial charge in [-0.1, -0.05) is 0 Å². The van der Waals surface area contributed by atoms with Gasteiger partial charge < -0.3 is 9.84 Å². The van der Waals surface area contributed by atoms with Gasteiger partial charge in [0.25, 0.3) is 0 Å². The van der Waals surface area contributed by atoms with Crippen molar-refractivity contribution in [3.05, 3.63) is 16.1 Å². The van der Waals surface area contributed by atoms with Crippen molar-refractivity contribution in [2.75, 3.05) is 13.2 Å². The first-order valence-electron chi connectivity index (χ1n) is 5.97. The lowest BCUT2D eigenvalue weighted by Crippen LogP contribution is -2.17. The Morgan fingerprint density at radius 1 is 1.53 bits per heavy atom. The number of ether oxygens (including phenoxy) is 1. The lowest BCUT2D eigenvalue weighted by atomic mass is 9.97. The summed E-state index contributed by atoms with van der Waals surface area (Å²) in [5, 5.41) is 9.75. The molecule has 1 saturated heterocycles. The number of thiazole rings is 1. The zero-order valence-electron chi connectivity index (χ0n) is 9.72. The van der Waals surface area contributed by atoms with E-state index in [1.165, 1.54) is 0 Å². The van der Waals surface area contributed by atoms with Crippen molar-refractivity contribution in [3.8, 4) is 0 Å². The monoisotopic (exact) mass is 255 g/mol. The molecule has 1 aliphatic heterocycles. The molecule has 5 heteroatoms. The highest BCUT2D eigenvalue weighted by Crippen LogP contribution is 2.23. The van der Waals surface area contributed by atoms with Crippen LogP contribution in [0.5, 0.6) is 0 Å². The summed E-state index contributed by atoms with van der Waals surface area (Å²) in [5.74, 6) is -0.0633. The average molecular weight is 255 g/mol. The first-order valence-corrected chi connectivity index (χ1v) is 6.79. The van der Waals surface area contributed by atoms with Gasteiger partial charge >= 0.3 is 5.97 Å². The molecule has 94 valence electrons. The van der Waals surface area contributed by atoms with Crippen LogP contribution < -0.4 is 0 Å². The summed E-state index contributed by atoms with van der Waals surface area (Å²) in [7, 11) is 0. The summed E-state index contributed by atoms with van der Waals surface area (Å²) in [5.41, 5.74) is 0. The molecule has 0 amide bonds. The normalized spacial score (nSPS) is 17.2. The Balaban J connectivity index is 1.82. The first-order chi connectivity index (χ1) is 8.24. The minimum Gasteiger partial charge on any atom is -0.481 e. The van der Waals surface area contributed by atoms with Gasteiger partial charge in [0.1, 0.15) is 0 Å². The number of nitrogens with zero attached hydrogens (tertiary/aromatic N) is 1. The maximum atomic E-state index is 10.5. The van der Waals surface area contributed by atoms with E-state index in [1.807, 2.05) is 6.20 Å². The topological polar surface area (TPSA) is 59.4 Å². The molecule has 0 spiro atoms. The summed E-state index contributed by atoms with van der Waals surface area (Å²) in [4.78, 5) is 15.9. The molecule has 2 rings (SSSR count). The number of aryl methyl sites for hydroxylation is 1. The van der Waals surface area contributed by atoms with Gasteiger partial charge in [-0.05, 0) is 25.2 Å². The molecule has 2 heterocycles. The molecule has 0 unspecified atom stereocenters. The van der Waals surface area contributed by atoms with E-state index in [4.69, 9.17) is 9.84 Å². The molecular formula is C12H17NO3S. The summed E-state index contributed by atoms with van der Waals surface area (Å²) in [6, 6.07) is 0. The SMILES string of the molecule is O=C(O)CCc1cnc(CC2CCOCC2)s1. The smallest absolute Gasteiger partial charge is 0.303 e. The van der Waals surface area contributed by atoms with Gasteiger partial charge in [-0.25, -0.2) is 4.98 Å². The second-order valence-electron chi connectivity index (χ2n) is 4.37. The molecule has 1 aromatic heterocycles. The molecule has 1 aromatic rings. The number of hydrogen-bond donors (Lipinski definition) is 1. The van der Waals surface area contributed by atoms with Gasteiger partial charge in [-0.2, -0.15) is 0 Å². The second kappa shape index (κ2) is 6.12. The van der Waals surface area contributed by atoms with Crippen LogP contribution in [0.2, 0.25) is 0 Å². The van der Waals surface area contributed by atoms with Gasteiger partial charge in [0.05, 0.1) is 11.4 Å². The first kappa shape index (κ1) is 12.5. The predicted molar refractivity (Wildman–Crippen MR) is 65.3 cm³/mol. The largest absolute Gasteiger partial charge is 0.481 e. The third-order valence-electron chi connectivity index (χ3n) is 2.99. The minimum atomic E-state index is -0.746. The van der Waals surface area contributed by atoms with Gasteiger partial charge in [0, 0.05) is 30.7 Å². The molecule has 0 saturated carbocycles. The van der Waals surface area contributed by atoms with E-state index in [2.05, 4.69) is 4.98 Å². The molecule has 1 aliphatic rings. The minimum absolute atomic E-state index is 0.193. The number of aliphatic carboxylic acids is 1. The van der Waals surface area contributed by atoms with Crippen molar-refractivity contribution in [2.45, 2.75) is 32.1 Å². The van der Waals surface area contributed by atoms with E-state index >= 15 is 0 Å². The molecule has 17 heavy (non-hydrogen) atoms. The van der Waals surface area contributed by atoms with Gasteiger partial charge in [0.2, 0.25) is 0 Å². The van der Waals surface area contributed by atoms with Crippen LogP contribution >= 0.6 is 11.3 Å². The van der Waals surface area contributed by atoms with E-state index in [9.17, 15) is 4.79 Å². The fraction of sp³-hybridized carbons (Fsp3) is 0.667. The van der Waals surface area contributed by atoms with Crippen molar-refractivity contribution < 1.29 is 14.6 Å². The van der Waals surface area contributed by atoms with Gasteiger partial charge in [-0.15, -0.1) is 11.3 Å². The average Bonchev–Trinajstić information content (AvgIpc) is 2.75. The third kappa shape index (κ3) is 4.09. The number of carbonyl (C=O) groups is 1. The van der Waals surface area contributed by atoms with E-state index in [0.717, 1.165) is 42.4 Å². The zero-order chi connectivity index (χ0) is 12.1. The summed E-state index contributed by atoms with van der Waals surface area (Å²) >= 11 is 1.65. The van der Waals surface area contributed by atoms with Crippen LogP contribution in [-0.2, 0) is 22.4 Å². The van der Waals surface area contributed by atoms with E-state index in [-0.39, 0.29) is 6.42 Å². The van der Waals surface area contributed by atoms with E-state index < -0.39 is 5.97 Å². The molecule has 1 fully saturated rings. The highest BCUT2D eigenvalue weighted by atomic mass is 32.1. The summed E-state index contributed by atoms with van der Waals surface area (Å²) in [6.07, 6.45) is 5.86. The van der Waals surface area contributed by atoms with E-state index in [0.29, 0.717) is 12.3 Å². The molecule has 0 radical (unpaired) electrons. The Hall–Kier alpha value is -0.940. The van der Waals surface area contributed by atoms with E-state index in [1.54, 1.807) is 11.3 Å². The van der Waals surface area contributed by atoms with Gasteiger partial charge in [0.15, 0.2) is 0 Å². The van der Waals surface area contributed by atoms with Crippen molar-refractivity contribution in [1.29, 1.82) is 0 Å². The van der Waals surface area contributed by atoms with Crippen LogP contribution in [0.25, 0.3) is 0 Å². The molecule has 0 atom stereocenters. The summed E-state index contributed by atoms with van der Waals surface area (Å²) < 4.78 is 5.33. The van der Waals surface area contributed by atoms with Gasteiger partial charge in [-0.3, -0.25) is 4.79 Å². The fourth-order valence-corrected chi connectivity index (χ4v) is 3.02. The number of hydrogen-bond acceptors (Lipinski definition) is 4. The molecular weight excluding hydrogens is 238 g/mol. The Bertz CT molecular complexity index is 372. The predicted octanol–water partition coefficient (Wildman–Crippen LogP) is 2.13. The Morgan fingerprint density at radius 3 is 3.00 bits per heavy atom. The Kier molecular flexibility index (Phi) is 4.50. The quantitative estimate of drug-likeness (QED) is 0.875. The van der Waals surface area contributed by atoms with Crippen LogP contribution in [0, 0.1) is 5.92 Å². The lowest BCUT2D eigenvalue weighted by Gasteiger charge is -2.20. The number of rotatable bonds is 5. The molecule has 0 aliphatic carbocycles. The second-order valence-corrected chi connectivity index (χ2v) is 5.57. The standard InChI is InChI=1S/C12H17NO3S/c14-12(15)2-1-10-8-13-11(17-10)7-9-3-5-16-6-4-9/h8-9H,1-7H2,(H,14,15). The Labute approximate surface area is 105 Å². The van der Waals surface area contributed by atoms with Crippen LogP contribution in [0.1, 0.15) is 29.1 Å². The molecule has 1 N–H and O–H groups in total. The lowest BCUT2D eigenvalue weighted by molar-refractivity contribution is -0.136.